The molecule has 0 saturated carbocycles. The summed E-state index contributed by atoms with van der Waals surface area (Å²) in [6.07, 6.45) is -1.68. The van der Waals surface area contributed by atoms with Crippen LogP contribution in [0.3, 0.4) is 0 Å². The van der Waals surface area contributed by atoms with Gasteiger partial charge in [-0.15, -0.1) is 0 Å². The summed E-state index contributed by atoms with van der Waals surface area (Å²) in [6.45, 7) is 1.27. The van der Waals surface area contributed by atoms with Gasteiger partial charge in [-0.1, -0.05) is 0 Å². The molecule has 1 saturated heterocycles. The molecule has 1 aliphatic heterocycles. The predicted molar refractivity (Wildman–Crippen MR) is 59.7 cm³/mol. The maximum atomic E-state index is 12.4. The van der Waals surface area contributed by atoms with Crippen LogP contribution in [0.2, 0.25) is 0 Å². The average molecular weight is 260 g/mol. The van der Waals surface area contributed by atoms with Crippen molar-refractivity contribution < 1.29 is 17.9 Å². The molecule has 0 spiro atoms. The van der Waals surface area contributed by atoms with Gasteiger partial charge in [-0.05, 0) is 25.0 Å². The van der Waals surface area contributed by atoms with Crippen molar-refractivity contribution >= 4 is 0 Å². The van der Waals surface area contributed by atoms with Crippen molar-refractivity contribution in [2.45, 2.75) is 25.1 Å². The summed E-state index contributed by atoms with van der Waals surface area (Å²) in [5.74, 6) is 0.128. The number of alkyl halides is 3. The molecule has 100 valence electrons. The third-order valence-electron chi connectivity index (χ3n) is 3.16. The van der Waals surface area contributed by atoms with Crippen LogP contribution in [0.25, 0.3) is 0 Å². The van der Waals surface area contributed by atoms with E-state index in [9.17, 15) is 13.2 Å². The van der Waals surface area contributed by atoms with Crippen molar-refractivity contribution in [3.05, 3.63) is 29.6 Å². The van der Waals surface area contributed by atoms with Crippen LogP contribution < -0.4 is 5.73 Å². The Hall–Kier alpha value is -1.14. The molecule has 0 aliphatic carbocycles. The summed E-state index contributed by atoms with van der Waals surface area (Å²) in [7, 11) is 0. The van der Waals surface area contributed by atoms with Gasteiger partial charge in [0.05, 0.1) is 23.9 Å². The van der Waals surface area contributed by atoms with Gasteiger partial charge >= 0.3 is 6.18 Å². The molecule has 0 aromatic carbocycles. The molecule has 1 aromatic heterocycles. The van der Waals surface area contributed by atoms with Crippen molar-refractivity contribution in [3.63, 3.8) is 0 Å². The number of pyridine rings is 1. The highest BCUT2D eigenvalue weighted by atomic mass is 19.4. The highest BCUT2D eigenvalue weighted by Gasteiger charge is 2.31. The summed E-state index contributed by atoms with van der Waals surface area (Å²) >= 11 is 0. The second-order valence-corrected chi connectivity index (χ2v) is 4.47. The normalized spacial score (nSPS) is 22.8. The van der Waals surface area contributed by atoms with E-state index in [-0.39, 0.29) is 12.0 Å². The molecular formula is C12H15F3N2O. The lowest BCUT2D eigenvalue weighted by atomic mass is 9.92. The topological polar surface area (TPSA) is 48.1 Å². The van der Waals surface area contributed by atoms with Crippen LogP contribution in [0.4, 0.5) is 13.2 Å². The zero-order chi connectivity index (χ0) is 13.2. The number of rotatable bonds is 2. The van der Waals surface area contributed by atoms with Gasteiger partial charge in [0.1, 0.15) is 0 Å². The Kier molecular flexibility index (Phi) is 3.87. The van der Waals surface area contributed by atoms with Crippen LogP contribution in [0, 0.1) is 5.92 Å². The van der Waals surface area contributed by atoms with Crippen LogP contribution in [0.1, 0.15) is 30.1 Å². The number of hydrogen-bond donors (Lipinski definition) is 1. The summed E-state index contributed by atoms with van der Waals surface area (Å²) in [5.41, 5.74) is 5.74. The molecule has 2 rings (SSSR count). The van der Waals surface area contributed by atoms with Crippen LogP contribution in [-0.2, 0) is 10.9 Å². The Balaban J connectivity index is 2.09. The quantitative estimate of drug-likeness (QED) is 0.888. The molecular weight excluding hydrogens is 245 g/mol. The molecule has 2 heterocycles. The lowest BCUT2D eigenvalue weighted by Crippen LogP contribution is -2.29. The minimum Gasteiger partial charge on any atom is -0.381 e. The van der Waals surface area contributed by atoms with E-state index in [1.807, 2.05) is 0 Å². The van der Waals surface area contributed by atoms with Crippen LogP contribution in [0.15, 0.2) is 18.3 Å². The van der Waals surface area contributed by atoms with Crippen molar-refractivity contribution in [3.8, 4) is 0 Å². The number of nitrogens with zero attached hydrogens (tertiary/aromatic N) is 1. The number of halogens is 3. The number of aromatic nitrogens is 1. The highest BCUT2D eigenvalue weighted by molar-refractivity contribution is 5.19. The van der Waals surface area contributed by atoms with E-state index in [0.717, 1.165) is 31.7 Å². The molecule has 6 heteroatoms. The lowest BCUT2D eigenvalue weighted by molar-refractivity contribution is -0.137. The van der Waals surface area contributed by atoms with E-state index in [1.54, 1.807) is 0 Å². The van der Waals surface area contributed by atoms with E-state index in [2.05, 4.69) is 4.98 Å². The molecule has 0 radical (unpaired) electrons. The smallest absolute Gasteiger partial charge is 0.381 e. The van der Waals surface area contributed by atoms with Crippen LogP contribution in [0.5, 0.6) is 0 Å². The Bertz CT molecular complexity index is 385. The van der Waals surface area contributed by atoms with E-state index in [1.165, 1.54) is 6.07 Å². The van der Waals surface area contributed by atoms with E-state index in [0.29, 0.717) is 12.3 Å². The largest absolute Gasteiger partial charge is 0.417 e. The van der Waals surface area contributed by atoms with Gasteiger partial charge in [0.2, 0.25) is 0 Å². The molecule has 2 atom stereocenters. The number of nitrogens with two attached hydrogens (primary N) is 1. The van der Waals surface area contributed by atoms with Gasteiger partial charge in [-0.2, -0.15) is 13.2 Å². The molecule has 0 bridgehead atoms. The van der Waals surface area contributed by atoms with Gasteiger partial charge in [0, 0.05) is 18.7 Å². The Labute approximate surface area is 103 Å². The zero-order valence-corrected chi connectivity index (χ0v) is 9.78. The van der Waals surface area contributed by atoms with Gasteiger partial charge < -0.3 is 10.5 Å². The van der Waals surface area contributed by atoms with Gasteiger partial charge in [-0.25, -0.2) is 0 Å². The maximum absolute atomic E-state index is 12.4. The highest BCUT2D eigenvalue weighted by Crippen LogP contribution is 2.30. The number of ether oxygens (including phenoxy) is 1. The van der Waals surface area contributed by atoms with Crippen molar-refractivity contribution in [1.82, 2.24) is 4.98 Å². The molecule has 2 unspecified atom stereocenters. The third-order valence-corrected chi connectivity index (χ3v) is 3.16. The second-order valence-electron chi connectivity index (χ2n) is 4.47. The van der Waals surface area contributed by atoms with Crippen LogP contribution in [-0.4, -0.2) is 18.2 Å². The first-order valence-electron chi connectivity index (χ1n) is 5.85. The zero-order valence-electron chi connectivity index (χ0n) is 9.78. The fourth-order valence-corrected chi connectivity index (χ4v) is 2.06. The molecule has 3 nitrogen and oxygen atoms in total. The summed E-state index contributed by atoms with van der Waals surface area (Å²) in [5, 5.41) is 0. The summed E-state index contributed by atoms with van der Waals surface area (Å²) in [4.78, 5) is 3.82. The first kappa shape index (κ1) is 13.3. The van der Waals surface area contributed by atoms with Crippen molar-refractivity contribution in [2.75, 3.05) is 13.2 Å². The fraction of sp³-hybridized carbons (Fsp3) is 0.583. The Morgan fingerprint density at radius 1 is 1.39 bits per heavy atom. The molecule has 0 amide bonds. The van der Waals surface area contributed by atoms with Crippen LogP contribution >= 0.6 is 0 Å². The Morgan fingerprint density at radius 3 is 2.67 bits per heavy atom. The Morgan fingerprint density at radius 2 is 2.17 bits per heavy atom. The van der Waals surface area contributed by atoms with E-state index >= 15 is 0 Å². The third kappa shape index (κ3) is 3.00. The molecule has 18 heavy (non-hydrogen) atoms. The van der Waals surface area contributed by atoms with Gasteiger partial charge in [0.25, 0.3) is 0 Å². The first-order valence-corrected chi connectivity index (χ1v) is 5.85. The van der Waals surface area contributed by atoms with Crippen molar-refractivity contribution in [2.24, 2.45) is 11.7 Å². The summed E-state index contributed by atoms with van der Waals surface area (Å²) < 4.78 is 42.5. The molecule has 1 aliphatic rings. The van der Waals surface area contributed by atoms with Gasteiger partial charge in [-0.3, -0.25) is 4.98 Å². The molecule has 1 aromatic rings. The van der Waals surface area contributed by atoms with E-state index < -0.39 is 11.7 Å². The maximum Gasteiger partial charge on any atom is 0.417 e. The van der Waals surface area contributed by atoms with Gasteiger partial charge in [0.15, 0.2) is 0 Å². The molecule has 1 fully saturated rings. The SMILES string of the molecule is NC(c1ccc(C(F)(F)F)cn1)C1CCCOC1. The second kappa shape index (κ2) is 5.24. The standard InChI is InChI=1S/C12H15F3N2O/c13-12(14,15)9-3-4-10(17-6-9)11(16)8-2-1-5-18-7-8/h3-4,6,8,11H,1-2,5,7,16H2. The van der Waals surface area contributed by atoms with Crippen molar-refractivity contribution in [1.29, 1.82) is 0 Å². The number of hydrogen-bond acceptors (Lipinski definition) is 3. The average Bonchev–Trinajstić information content (AvgIpc) is 2.38. The summed E-state index contributed by atoms with van der Waals surface area (Å²) in [6, 6.07) is 2.00. The monoisotopic (exact) mass is 260 g/mol. The first-order chi connectivity index (χ1) is 8.48. The molecule has 2 N–H and O–H groups in total. The predicted octanol–water partition coefficient (Wildman–Crippen LogP) is 2.53. The van der Waals surface area contributed by atoms with E-state index in [4.69, 9.17) is 10.5 Å². The minimum absolute atomic E-state index is 0.128. The lowest BCUT2D eigenvalue weighted by Gasteiger charge is -2.27. The minimum atomic E-state index is -4.36. The fourth-order valence-electron chi connectivity index (χ4n) is 2.06.